The van der Waals surface area contributed by atoms with Gasteiger partial charge in [-0.3, -0.25) is 4.79 Å². The van der Waals surface area contributed by atoms with Crippen molar-refractivity contribution in [2.45, 2.75) is 277 Å². The largest absolute Gasteiger partial charge is 0.481 e. The molecule has 0 atom stereocenters. The topological polar surface area (TPSA) is 37.3 Å². The van der Waals surface area contributed by atoms with Crippen molar-refractivity contribution in [2.75, 3.05) is 0 Å². The second-order valence-electron chi connectivity index (χ2n) is 15.3. The quantitative estimate of drug-likeness (QED) is 0.0669. The first-order valence-electron chi connectivity index (χ1n) is 22.0. The van der Waals surface area contributed by atoms with Gasteiger partial charge < -0.3 is 5.11 Å². The second kappa shape index (κ2) is 42.5. The molecule has 2 nitrogen and oxygen atoms in total. The van der Waals surface area contributed by atoms with Gasteiger partial charge in [0.25, 0.3) is 0 Å². The number of carboxylic acids is 1. The Morgan fingerprint density at radius 2 is 0.391 bits per heavy atom. The van der Waals surface area contributed by atoms with Crippen LogP contribution in [0.15, 0.2) is 0 Å². The van der Waals surface area contributed by atoms with Crippen molar-refractivity contribution in [3.63, 3.8) is 0 Å². The third-order valence-corrected chi connectivity index (χ3v) is 10.5. The number of carboxylic acid groups (broad SMARTS) is 1. The number of aliphatic carboxylic acids is 1. The zero-order valence-electron chi connectivity index (χ0n) is 32.1. The monoisotopic (exact) mass is 649 g/mol. The van der Waals surface area contributed by atoms with Gasteiger partial charge in [-0.15, -0.1) is 0 Å². The summed E-state index contributed by atoms with van der Waals surface area (Å²) in [5, 5.41) is 8.65. The van der Waals surface area contributed by atoms with Gasteiger partial charge in [0.15, 0.2) is 0 Å². The molecular weight excluding hydrogens is 560 g/mol. The Labute approximate surface area is 291 Å². The van der Waals surface area contributed by atoms with Crippen LogP contribution in [0.5, 0.6) is 0 Å². The van der Waals surface area contributed by atoms with Crippen molar-refractivity contribution in [3.8, 4) is 0 Å². The molecule has 0 rings (SSSR count). The lowest BCUT2D eigenvalue weighted by Crippen LogP contribution is -1.93. The molecule has 0 radical (unpaired) electrons. The Bertz CT molecular complexity index is 544. The van der Waals surface area contributed by atoms with E-state index in [4.69, 9.17) is 5.11 Å². The Morgan fingerprint density at radius 3 is 0.522 bits per heavy atom. The predicted molar refractivity (Wildman–Crippen MR) is 207 cm³/mol. The highest BCUT2D eigenvalue weighted by molar-refractivity contribution is 5.66. The maximum absolute atomic E-state index is 10.5. The minimum absolute atomic E-state index is 0.347. The van der Waals surface area contributed by atoms with Gasteiger partial charge >= 0.3 is 5.97 Å². The summed E-state index contributed by atoms with van der Waals surface area (Å²) >= 11 is 0. The molecule has 46 heavy (non-hydrogen) atoms. The third-order valence-electron chi connectivity index (χ3n) is 10.5. The van der Waals surface area contributed by atoms with Crippen molar-refractivity contribution in [1.82, 2.24) is 0 Å². The van der Waals surface area contributed by atoms with E-state index < -0.39 is 5.97 Å². The average Bonchev–Trinajstić information content (AvgIpc) is 3.05. The summed E-state index contributed by atoms with van der Waals surface area (Å²) in [5.41, 5.74) is 0. The first-order chi connectivity index (χ1) is 22.8. The average molecular weight is 649 g/mol. The first kappa shape index (κ1) is 45.5. The van der Waals surface area contributed by atoms with Gasteiger partial charge in [-0.1, -0.05) is 264 Å². The summed E-state index contributed by atoms with van der Waals surface area (Å²) in [5.74, 6) is -0.647. The molecule has 276 valence electrons. The Kier molecular flexibility index (Phi) is 42.0. The normalized spacial score (nSPS) is 11.5. The molecule has 0 aliphatic carbocycles. The summed E-state index contributed by atoms with van der Waals surface area (Å²) < 4.78 is 0. The number of unbranched alkanes of at least 4 members (excludes halogenated alkanes) is 40. The Hall–Kier alpha value is -0.530. The minimum atomic E-state index is -0.647. The van der Waals surface area contributed by atoms with Gasteiger partial charge in [-0.2, -0.15) is 0 Å². The molecule has 0 bridgehead atoms. The minimum Gasteiger partial charge on any atom is -0.481 e. The molecule has 0 aliphatic rings. The van der Waals surface area contributed by atoms with Crippen molar-refractivity contribution in [2.24, 2.45) is 0 Å². The molecular formula is C44H88O2. The van der Waals surface area contributed by atoms with Crippen LogP contribution >= 0.6 is 0 Å². The summed E-state index contributed by atoms with van der Waals surface area (Å²) in [6, 6.07) is 0. The van der Waals surface area contributed by atoms with E-state index in [9.17, 15) is 4.79 Å². The standard InChI is InChI=1S/C44H88O2/c1-2-3-4-5-6-7-8-9-10-11-12-13-14-15-16-17-18-19-20-21-22-23-24-25-26-27-28-29-30-31-32-33-34-35-36-37-38-39-40-41-42-43-44(45)46/h2-43H2,1H3,(H,45,46). The third kappa shape index (κ3) is 43.5. The molecule has 0 fully saturated rings. The van der Waals surface area contributed by atoms with Gasteiger partial charge in [0.2, 0.25) is 0 Å². The highest BCUT2D eigenvalue weighted by Gasteiger charge is 1.99. The van der Waals surface area contributed by atoms with Crippen molar-refractivity contribution in [1.29, 1.82) is 0 Å². The maximum atomic E-state index is 10.5. The van der Waals surface area contributed by atoms with Crippen LogP contribution in [0, 0.1) is 0 Å². The van der Waals surface area contributed by atoms with Crippen LogP contribution in [-0.4, -0.2) is 11.1 Å². The van der Waals surface area contributed by atoms with Crippen LogP contribution in [0.2, 0.25) is 0 Å². The van der Waals surface area contributed by atoms with Crippen LogP contribution in [0.4, 0.5) is 0 Å². The zero-order valence-corrected chi connectivity index (χ0v) is 32.1. The van der Waals surface area contributed by atoms with E-state index in [0.29, 0.717) is 6.42 Å². The van der Waals surface area contributed by atoms with Crippen molar-refractivity contribution in [3.05, 3.63) is 0 Å². The lowest BCUT2D eigenvalue weighted by Gasteiger charge is -2.05. The van der Waals surface area contributed by atoms with Gasteiger partial charge in [0.1, 0.15) is 0 Å². The van der Waals surface area contributed by atoms with Gasteiger partial charge in [-0.05, 0) is 6.42 Å². The van der Waals surface area contributed by atoms with Gasteiger partial charge in [-0.25, -0.2) is 0 Å². The fraction of sp³-hybridized carbons (Fsp3) is 0.977. The lowest BCUT2D eigenvalue weighted by molar-refractivity contribution is -0.137. The first-order valence-corrected chi connectivity index (χ1v) is 22.0. The summed E-state index contributed by atoms with van der Waals surface area (Å²) in [7, 11) is 0. The lowest BCUT2D eigenvalue weighted by atomic mass is 10.0. The van der Waals surface area contributed by atoms with E-state index in [1.54, 1.807) is 0 Å². The molecule has 0 aromatic carbocycles. The van der Waals surface area contributed by atoms with Crippen molar-refractivity contribution < 1.29 is 9.90 Å². The van der Waals surface area contributed by atoms with E-state index in [2.05, 4.69) is 6.92 Å². The summed E-state index contributed by atoms with van der Waals surface area (Å²) in [6.45, 7) is 2.31. The Balaban J connectivity index is 3.04. The molecule has 0 aromatic heterocycles. The van der Waals surface area contributed by atoms with Gasteiger partial charge in [0, 0.05) is 6.42 Å². The van der Waals surface area contributed by atoms with E-state index in [1.165, 1.54) is 250 Å². The fourth-order valence-corrected chi connectivity index (χ4v) is 7.24. The van der Waals surface area contributed by atoms with E-state index in [-0.39, 0.29) is 0 Å². The summed E-state index contributed by atoms with van der Waals surface area (Å²) in [4.78, 5) is 10.5. The zero-order chi connectivity index (χ0) is 33.3. The molecule has 0 saturated heterocycles. The number of rotatable bonds is 42. The second-order valence-corrected chi connectivity index (χ2v) is 15.3. The van der Waals surface area contributed by atoms with Crippen LogP contribution in [0.1, 0.15) is 277 Å². The molecule has 0 aliphatic heterocycles. The molecule has 1 N–H and O–H groups in total. The maximum Gasteiger partial charge on any atom is 0.303 e. The molecule has 0 amide bonds. The van der Waals surface area contributed by atoms with E-state index >= 15 is 0 Å². The van der Waals surface area contributed by atoms with Crippen LogP contribution in [0.25, 0.3) is 0 Å². The van der Waals surface area contributed by atoms with Crippen LogP contribution in [-0.2, 0) is 4.79 Å². The predicted octanol–water partition coefficient (Wildman–Crippen LogP) is 16.5. The number of carbonyl (C=O) groups is 1. The van der Waals surface area contributed by atoms with Crippen LogP contribution in [0.3, 0.4) is 0 Å². The Morgan fingerprint density at radius 1 is 0.261 bits per heavy atom. The summed E-state index contributed by atoms with van der Waals surface area (Å²) in [6.07, 6.45) is 58.9. The number of hydrogen-bond acceptors (Lipinski definition) is 1. The molecule has 0 saturated carbocycles. The fourth-order valence-electron chi connectivity index (χ4n) is 7.24. The number of hydrogen-bond donors (Lipinski definition) is 1. The smallest absolute Gasteiger partial charge is 0.303 e. The SMILES string of the molecule is CCCCCCCCCCCCCCCCCCCCCCCCCCCCCCCCCCCCCCCCCCCC(=O)O. The molecule has 0 aromatic rings. The molecule has 0 unspecified atom stereocenters. The highest BCUT2D eigenvalue weighted by atomic mass is 16.4. The van der Waals surface area contributed by atoms with E-state index in [1.807, 2.05) is 0 Å². The molecule has 0 spiro atoms. The molecule has 2 heteroatoms. The highest BCUT2D eigenvalue weighted by Crippen LogP contribution is 2.18. The van der Waals surface area contributed by atoms with Crippen molar-refractivity contribution >= 4 is 5.97 Å². The van der Waals surface area contributed by atoms with Crippen LogP contribution < -0.4 is 0 Å². The molecule has 0 heterocycles. The van der Waals surface area contributed by atoms with E-state index in [0.717, 1.165) is 12.8 Å². The van der Waals surface area contributed by atoms with Gasteiger partial charge in [0.05, 0.1) is 0 Å².